The number of hydrogen-bond donors (Lipinski definition) is 2. The number of nitrogens with one attached hydrogen (secondary N) is 1. The predicted molar refractivity (Wildman–Crippen MR) is 73.0 cm³/mol. The summed E-state index contributed by atoms with van der Waals surface area (Å²) in [6, 6.07) is 6.87. The first kappa shape index (κ1) is 13.1. The average molecular weight is 282 g/mol. The van der Waals surface area contributed by atoms with Gasteiger partial charge in [0.1, 0.15) is 0 Å². The standard InChI is InChI=1S/C12H12ClN3OS/c1-7(14)9-3-2-8(6-10(9)13)18-12-15-5-4-11(17)16-12/h2-7H,14H2,1H3,(H,15,16,17). The number of hydrogen-bond acceptors (Lipinski definition) is 4. The molecule has 0 aliphatic carbocycles. The lowest BCUT2D eigenvalue weighted by molar-refractivity contribution is 0.817. The fourth-order valence-corrected chi connectivity index (χ4v) is 2.67. The van der Waals surface area contributed by atoms with E-state index in [0.29, 0.717) is 10.2 Å². The molecule has 1 atom stereocenters. The van der Waals surface area contributed by atoms with Crippen LogP contribution in [-0.4, -0.2) is 9.97 Å². The third kappa shape index (κ3) is 3.13. The van der Waals surface area contributed by atoms with Gasteiger partial charge in [-0.05, 0) is 24.6 Å². The molecule has 1 heterocycles. The number of aromatic amines is 1. The number of H-pyrrole nitrogens is 1. The molecular weight excluding hydrogens is 270 g/mol. The van der Waals surface area contributed by atoms with Crippen LogP contribution in [0.4, 0.5) is 0 Å². The molecule has 4 nitrogen and oxygen atoms in total. The van der Waals surface area contributed by atoms with E-state index in [0.717, 1.165) is 10.5 Å². The van der Waals surface area contributed by atoms with E-state index in [9.17, 15) is 4.79 Å². The van der Waals surface area contributed by atoms with Gasteiger partial charge in [0.05, 0.1) is 0 Å². The zero-order chi connectivity index (χ0) is 13.1. The normalized spacial score (nSPS) is 12.4. The molecule has 0 aliphatic rings. The Kier molecular flexibility index (Phi) is 4.06. The predicted octanol–water partition coefficient (Wildman–Crippen LogP) is 2.59. The minimum atomic E-state index is -0.175. The highest BCUT2D eigenvalue weighted by atomic mass is 35.5. The first-order chi connectivity index (χ1) is 8.56. The summed E-state index contributed by atoms with van der Waals surface area (Å²) >= 11 is 7.48. The highest BCUT2D eigenvalue weighted by Crippen LogP contribution is 2.30. The van der Waals surface area contributed by atoms with Gasteiger partial charge in [-0.2, -0.15) is 0 Å². The first-order valence-electron chi connectivity index (χ1n) is 5.34. The van der Waals surface area contributed by atoms with Crippen LogP contribution in [0, 0.1) is 0 Å². The van der Waals surface area contributed by atoms with E-state index >= 15 is 0 Å². The van der Waals surface area contributed by atoms with Crippen LogP contribution in [0.1, 0.15) is 18.5 Å². The quantitative estimate of drug-likeness (QED) is 0.848. The van der Waals surface area contributed by atoms with Gasteiger partial charge in [-0.1, -0.05) is 29.4 Å². The molecule has 0 fully saturated rings. The molecule has 0 amide bonds. The topological polar surface area (TPSA) is 71.8 Å². The molecule has 2 rings (SSSR count). The van der Waals surface area contributed by atoms with Crippen molar-refractivity contribution in [1.82, 2.24) is 9.97 Å². The van der Waals surface area contributed by atoms with Gasteiger partial charge in [-0.3, -0.25) is 4.79 Å². The lowest BCUT2D eigenvalue weighted by atomic mass is 10.1. The molecule has 6 heteroatoms. The van der Waals surface area contributed by atoms with E-state index in [-0.39, 0.29) is 11.6 Å². The van der Waals surface area contributed by atoms with Crippen molar-refractivity contribution in [2.75, 3.05) is 0 Å². The largest absolute Gasteiger partial charge is 0.324 e. The molecule has 0 saturated carbocycles. The van der Waals surface area contributed by atoms with E-state index in [1.54, 1.807) is 0 Å². The van der Waals surface area contributed by atoms with Crippen molar-refractivity contribution < 1.29 is 0 Å². The fourth-order valence-electron chi connectivity index (χ4n) is 1.46. The van der Waals surface area contributed by atoms with Crippen LogP contribution in [0.3, 0.4) is 0 Å². The maximum Gasteiger partial charge on any atom is 0.251 e. The summed E-state index contributed by atoms with van der Waals surface area (Å²) in [6.07, 6.45) is 1.47. The molecular formula is C12H12ClN3OS. The second kappa shape index (κ2) is 5.56. The molecule has 1 aromatic heterocycles. The van der Waals surface area contributed by atoms with Gasteiger partial charge in [0, 0.05) is 28.2 Å². The second-order valence-corrected chi connectivity index (χ2v) is 5.28. The molecule has 0 radical (unpaired) electrons. The second-order valence-electron chi connectivity index (χ2n) is 3.81. The van der Waals surface area contributed by atoms with Crippen LogP contribution < -0.4 is 11.3 Å². The Morgan fingerprint density at radius 1 is 1.44 bits per heavy atom. The van der Waals surface area contributed by atoms with E-state index in [1.807, 2.05) is 25.1 Å². The zero-order valence-corrected chi connectivity index (χ0v) is 11.3. The Hall–Kier alpha value is -1.30. The Balaban J connectivity index is 2.25. The van der Waals surface area contributed by atoms with Crippen molar-refractivity contribution in [2.45, 2.75) is 23.0 Å². The monoisotopic (exact) mass is 281 g/mol. The Morgan fingerprint density at radius 2 is 2.22 bits per heavy atom. The first-order valence-corrected chi connectivity index (χ1v) is 6.54. The smallest absolute Gasteiger partial charge is 0.251 e. The Morgan fingerprint density at radius 3 is 2.83 bits per heavy atom. The minimum Gasteiger partial charge on any atom is -0.324 e. The van der Waals surface area contributed by atoms with Gasteiger partial charge in [0.2, 0.25) is 0 Å². The maximum atomic E-state index is 11.1. The summed E-state index contributed by atoms with van der Waals surface area (Å²) in [7, 11) is 0. The number of halogens is 1. The number of benzene rings is 1. The molecule has 0 bridgehead atoms. The SMILES string of the molecule is CC(N)c1ccc(Sc2nccc(=O)[nH]2)cc1Cl. The van der Waals surface area contributed by atoms with Crippen molar-refractivity contribution in [3.05, 3.63) is 51.4 Å². The molecule has 0 aliphatic heterocycles. The molecule has 1 aromatic carbocycles. The summed E-state index contributed by atoms with van der Waals surface area (Å²) in [5, 5.41) is 1.15. The number of nitrogens with zero attached hydrogens (tertiary/aromatic N) is 1. The van der Waals surface area contributed by atoms with E-state index in [2.05, 4.69) is 9.97 Å². The number of aromatic nitrogens is 2. The zero-order valence-electron chi connectivity index (χ0n) is 9.68. The molecule has 3 N–H and O–H groups in total. The summed E-state index contributed by atoms with van der Waals surface area (Å²) in [4.78, 5) is 18.7. The lowest BCUT2D eigenvalue weighted by Crippen LogP contribution is -2.06. The van der Waals surface area contributed by atoms with Gasteiger partial charge in [-0.25, -0.2) is 4.98 Å². The summed E-state index contributed by atoms with van der Waals surface area (Å²) in [6.45, 7) is 1.88. The minimum absolute atomic E-state index is 0.105. The summed E-state index contributed by atoms with van der Waals surface area (Å²) in [5.74, 6) is 0. The lowest BCUT2D eigenvalue weighted by Gasteiger charge is -2.09. The van der Waals surface area contributed by atoms with E-state index in [1.165, 1.54) is 24.0 Å². The number of rotatable bonds is 3. The maximum absolute atomic E-state index is 11.1. The van der Waals surface area contributed by atoms with Crippen LogP contribution in [0.15, 0.2) is 45.3 Å². The van der Waals surface area contributed by atoms with Gasteiger partial charge < -0.3 is 10.7 Å². The van der Waals surface area contributed by atoms with Crippen LogP contribution in [0.25, 0.3) is 0 Å². The fraction of sp³-hybridized carbons (Fsp3) is 0.167. The molecule has 18 heavy (non-hydrogen) atoms. The van der Waals surface area contributed by atoms with Crippen molar-refractivity contribution in [3.8, 4) is 0 Å². The molecule has 94 valence electrons. The van der Waals surface area contributed by atoms with Gasteiger partial charge in [0.15, 0.2) is 5.16 Å². The van der Waals surface area contributed by atoms with Crippen molar-refractivity contribution >= 4 is 23.4 Å². The van der Waals surface area contributed by atoms with Crippen LogP contribution in [-0.2, 0) is 0 Å². The van der Waals surface area contributed by atoms with E-state index < -0.39 is 0 Å². The Labute approximate surface area is 114 Å². The molecule has 1 unspecified atom stereocenters. The van der Waals surface area contributed by atoms with Crippen LogP contribution in [0.2, 0.25) is 5.02 Å². The summed E-state index contributed by atoms with van der Waals surface area (Å²) in [5.41, 5.74) is 6.51. The van der Waals surface area contributed by atoms with Gasteiger partial charge >= 0.3 is 0 Å². The molecule has 0 spiro atoms. The van der Waals surface area contributed by atoms with Crippen molar-refractivity contribution in [2.24, 2.45) is 5.73 Å². The highest BCUT2D eigenvalue weighted by molar-refractivity contribution is 7.99. The third-order valence-electron chi connectivity index (χ3n) is 2.32. The van der Waals surface area contributed by atoms with Gasteiger partial charge in [0.25, 0.3) is 5.56 Å². The third-order valence-corrected chi connectivity index (χ3v) is 3.54. The number of nitrogens with two attached hydrogens (primary N) is 1. The molecule has 0 saturated heterocycles. The van der Waals surface area contributed by atoms with Gasteiger partial charge in [-0.15, -0.1) is 0 Å². The summed E-state index contributed by atoms with van der Waals surface area (Å²) < 4.78 is 0. The Bertz CT molecular complexity index is 612. The van der Waals surface area contributed by atoms with E-state index in [4.69, 9.17) is 17.3 Å². The average Bonchev–Trinajstić information content (AvgIpc) is 2.28. The van der Waals surface area contributed by atoms with Crippen LogP contribution in [0.5, 0.6) is 0 Å². The van der Waals surface area contributed by atoms with Crippen LogP contribution >= 0.6 is 23.4 Å². The molecule has 2 aromatic rings. The van der Waals surface area contributed by atoms with Crippen molar-refractivity contribution in [3.63, 3.8) is 0 Å². The van der Waals surface area contributed by atoms with Crippen molar-refractivity contribution in [1.29, 1.82) is 0 Å². The highest BCUT2D eigenvalue weighted by Gasteiger charge is 2.07.